The molecular weight excluding hydrogens is 562 g/mol. The van der Waals surface area contributed by atoms with Crippen molar-refractivity contribution >= 4 is 50.1 Å². The van der Waals surface area contributed by atoms with Crippen LogP contribution in [-0.4, -0.2) is 38.5 Å². The Kier molecular flexibility index (Phi) is 8.79. The second-order valence-corrected chi connectivity index (χ2v) is 10.3. The number of nitrogens with one attached hydrogen (secondary N) is 1. The highest BCUT2D eigenvalue weighted by Crippen LogP contribution is 2.28. The molecule has 0 saturated heterocycles. The molecule has 2 aromatic heterocycles. The molecule has 1 atom stereocenters. The van der Waals surface area contributed by atoms with Gasteiger partial charge in [0.05, 0.1) is 18.6 Å². The number of carbonyl (C=O) groups excluding carboxylic acids is 1. The van der Waals surface area contributed by atoms with Gasteiger partial charge in [-0.05, 0) is 43.3 Å². The highest BCUT2D eigenvalue weighted by Gasteiger charge is 2.20. The first-order valence-electron chi connectivity index (χ1n) is 11.0. The molecule has 0 aliphatic heterocycles. The predicted octanol–water partition coefficient (Wildman–Crippen LogP) is 6.23. The largest absolute Gasteiger partial charge is 0.497 e. The van der Waals surface area contributed by atoms with Gasteiger partial charge < -0.3 is 14.8 Å². The molecule has 0 aliphatic carbocycles. The summed E-state index contributed by atoms with van der Waals surface area (Å²) in [5, 5.41) is 14.5. The second-order valence-electron chi connectivity index (χ2n) is 7.56. The molecule has 0 radical (unpaired) electrons. The number of ether oxygens (including phenoxy) is 2. The van der Waals surface area contributed by atoms with Crippen molar-refractivity contribution in [2.45, 2.75) is 24.7 Å². The molecule has 1 amide bonds. The van der Waals surface area contributed by atoms with Gasteiger partial charge in [-0.3, -0.25) is 9.36 Å². The molecule has 2 aromatic carbocycles. The van der Waals surface area contributed by atoms with Crippen LogP contribution in [0.5, 0.6) is 11.5 Å². The van der Waals surface area contributed by atoms with Crippen LogP contribution in [0, 0.1) is 0 Å². The topological polar surface area (TPSA) is 91.2 Å². The first kappa shape index (κ1) is 25.9. The average molecular weight is 587 g/mol. The van der Waals surface area contributed by atoms with Crippen molar-refractivity contribution in [3.8, 4) is 22.8 Å². The first-order chi connectivity index (χ1) is 17.5. The number of aromatic nitrogens is 4. The summed E-state index contributed by atoms with van der Waals surface area (Å²) in [4.78, 5) is 17.1. The third-order valence-corrected chi connectivity index (χ3v) is 7.27. The van der Waals surface area contributed by atoms with Crippen LogP contribution in [0.15, 0.2) is 76.2 Å². The van der Waals surface area contributed by atoms with Crippen LogP contribution in [0.2, 0.25) is 0 Å². The van der Waals surface area contributed by atoms with Crippen molar-refractivity contribution in [1.29, 1.82) is 0 Å². The van der Waals surface area contributed by atoms with E-state index in [1.54, 1.807) is 13.2 Å². The lowest BCUT2D eigenvalue weighted by Crippen LogP contribution is -2.15. The normalized spacial score (nSPS) is 11.6. The van der Waals surface area contributed by atoms with Gasteiger partial charge >= 0.3 is 0 Å². The van der Waals surface area contributed by atoms with Crippen LogP contribution in [-0.2, 0) is 11.3 Å². The van der Waals surface area contributed by atoms with Gasteiger partial charge in [0, 0.05) is 22.0 Å². The number of methoxy groups -OCH3 is 1. The minimum atomic E-state index is -0.360. The van der Waals surface area contributed by atoms with Crippen LogP contribution in [0.25, 0.3) is 11.3 Å². The smallest absolute Gasteiger partial charge is 0.236 e. The molecule has 36 heavy (non-hydrogen) atoms. The molecule has 0 fully saturated rings. The van der Waals surface area contributed by atoms with Gasteiger partial charge in [-0.15, -0.1) is 28.1 Å². The average Bonchev–Trinajstić information content (AvgIpc) is 3.51. The van der Waals surface area contributed by atoms with E-state index in [1.165, 1.54) is 23.1 Å². The lowest BCUT2D eigenvalue weighted by atomic mass is 10.2. The molecule has 1 unspecified atom stereocenters. The molecule has 0 bridgehead atoms. The first-order valence-corrected chi connectivity index (χ1v) is 13.6. The fraction of sp³-hybridized carbons (Fsp3) is 0.200. The zero-order valence-corrected chi connectivity index (χ0v) is 22.9. The molecule has 0 spiro atoms. The Bertz CT molecular complexity index is 1320. The lowest BCUT2D eigenvalue weighted by Gasteiger charge is -2.16. The fourth-order valence-corrected chi connectivity index (χ4v) is 5.04. The van der Waals surface area contributed by atoms with E-state index in [0.29, 0.717) is 28.4 Å². The summed E-state index contributed by atoms with van der Waals surface area (Å²) in [6.45, 7) is 6.23. The summed E-state index contributed by atoms with van der Waals surface area (Å²) in [6, 6.07) is 15.2. The Morgan fingerprint density at radius 3 is 2.61 bits per heavy atom. The number of hydrogen-bond acceptors (Lipinski definition) is 8. The summed E-state index contributed by atoms with van der Waals surface area (Å²) in [5.41, 5.74) is 1.80. The third-order valence-electron chi connectivity index (χ3n) is 5.02. The molecule has 2 heterocycles. The van der Waals surface area contributed by atoms with Gasteiger partial charge in [-0.2, -0.15) is 0 Å². The zero-order chi connectivity index (χ0) is 25.5. The monoisotopic (exact) mass is 585 g/mol. The molecule has 11 heteroatoms. The van der Waals surface area contributed by atoms with E-state index in [0.717, 1.165) is 21.5 Å². The predicted molar refractivity (Wildman–Crippen MR) is 147 cm³/mol. The number of benzene rings is 2. The van der Waals surface area contributed by atoms with Crippen molar-refractivity contribution < 1.29 is 14.3 Å². The molecule has 4 rings (SSSR count). The van der Waals surface area contributed by atoms with E-state index < -0.39 is 0 Å². The number of halogens is 1. The standard InChI is InChI=1S/C25H24BrN5O3S2/c1-4-13-31-23(16(2)34-20-11-9-19(33-3)10-12-20)29-30-25(31)36-15-22(32)28-24-27-21(14-35-24)17-5-7-18(26)8-6-17/h4-12,14,16H,1,13,15H2,2-3H3,(H,27,28,32). The van der Waals surface area contributed by atoms with Crippen molar-refractivity contribution in [3.63, 3.8) is 0 Å². The fourth-order valence-electron chi connectivity index (χ4n) is 3.29. The Morgan fingerprint density at radius 2 is 1.92 bits per heavy atom. The number of nitrogens with zero attached hydrogens (tertiary/aromatic N) is 4. The number of thiazole rings is 1. The van der Waals surface area contributed by atoms with Gasteiger partial charge in [0.25, 0.3) is 0 Å². The van der Waals surface area contributed by atoms with E-state index >= 15 is 0 Å². The second kappa shape index (κ2) is 12.2. The molecule has 186 valence electrons. The molecule has 1 N–H and O–H groups in total. The van der Waals surface area contributed by atoms with Crippen LogP contribution in [0.4, 0.5) is 5.13 Å². The van der Waals surface area contributed by atoms with E-state index in [-0.39, 0.29) is 17.8 Å². The Morgan fingerprint density at radius 1 is 1.19 bits per heavy atom. The number of thioether (sulfide) groups is 1. The van der Waals surface area contributed by atoms with Crippen molar-refractivity contribution in [2.24, 2.45) is 0 Å². The number of allylic oxidation sites excluding steroid dienone is 1. The lowest BCUT2D eigenvalue weighted by molar-refractivity contribution is -0.113. The van der Waals surface area contributed by atoms with Crippen molar-refractivity contribution in [3.05, 3.63) is 76.9 Å². The number of carbonyl (C=O) groups is 1. The van der Waals surface area contributed by atoms with Crippen molar-refractivity contribution in [1.82, 2.24) is 19.7 Å². The summed E-state index contributed by atoms with van der Waals surface area (Å²) < 4.78 is 14.1. The number of amides is 1. The maximum atomic E-state index is 12.6. The Hall–Kier alpha value is -3.15. The Labute approximate surface area is 225 Å². The minimum absolute atomic E-state index is 0.163. The maximum absolute atomic E-state index is 12.6. The van der Waals surface area contributed by atoms with E-state index in [9.17, 15) is 4.79 Å². The number of anilines is 1. The summed E-state index contributed by atoms with van der Waals surface area (Å²) in [5.74, 6) is 2.08. The van der Waals surface area contributed by atoms with E-state index in [1.807, 2.05) is 65.4 Å². The molecule has 8 nitrogen and oxygen atoms in total. The van der Waals surface area contributed by atoms with Crippen LogP contribution in [0.3, 0.4) is 0 Å². The zero-order valence-electron chi connectivity index (χ0n) is 19.7. The van der Waals surface area contributed by atoms with Crippen LogP contribution >= 0.6 is 39.0 Å². The highest BCUT2D eigenvalue weighted by molar-refractivity contribution is 9.10. The van der Waals surface area contributed by atoms with Gasteiger partial charge in [-0.1, -0.05) is 45.9 Å². The molecular formula is C25H24BrN5O3S2. The van der Waals surface area contributed by atoms with E-state index in [4.69, 9.17) is 9.47 Å². The molecule has 0 saturated carbocycles. The molecule has 0 aliphatic rings. The number of rotatable bonds is 11. The van der Waals surface area contributed by atoms with Crippen LogP contribution < -0.4 is 14.8 Å². The third kappa shape index (κ3) is 6.54. The van der Waals surface area contributed by atoms with Gasteiger partial charge in [0.2, 0.25) is 5.91 Å². The quantitative estimate of drug-likeness (QED) is 0.165. The highest BCUT2D eigenvalue weighted by atomic mass is 79.9. The molecule has 4 aromatic rings. The van der Waals surface area contributed by atoms with Gasteiger partial charge in [0.1, 0.15) is 11.5 Å². The van der Waals surface area contributed by atoms with Gasteiger partial charge in [-0.25, -0.2) is 4.98 Å². The van der Waals surface area contributed by atoms with Crippen LogP contribution in [0.1, 0.15) is 18.9 Å². The number of hydrogen-bond donors (Lipinski definition) is 1. The summed E-state index contributed by atoms with van der Waals surface area (Å²) in [6.07, 6.45) is 1.40. The summed E-state index contributed by atoms with van der Waals surface area (Å²) in [7, 11) is 1.62. The maximum Gasteiger partial charge on any atom is 0.236 e. The van der Waals surface area contributed by atoms with E-state index in [2.05, 4.69) is 43.0 Å². The minimum Gasteiger partial charge on any atom is -0.497 e. The van der Waals surface area contributed by atoms with Gasteiger partial charge in [0.15, 0.2) is 22.2 Å². The Balaban J connectivity index is 1.37. The SMILES string of the molecule is C=CCn1c(SCC(=O)Nc2nc(-c3ccc(Br)cc3)cs2)nnc1C(C)Oc1ccc(OC)cc1. The van der Waals surface area contributed by atoms with Crippen molar-refractivity contribution in [2.75, 3.05) is 18.2 Å². The summed E-state index contributed by atoms with van der Waals surface area (Å²) >= 11 is 6.11.